The molecule has 0 amide bonds. The first-order valence-electron chi connectivity index (χ1n) is 4.33. The van der Waals surface area contributed by atoms with E-state index in [9.17, 15) is 0 Å². The van der Waals surface area contributed by atoms with Crippen LogP contribution in [0.25, 0.3) is 0 Å². The topological polar surface area (TPSA) is 38.0 Å². The molecule has 14 heavy (non-hydrogen) atoms. The lowest BCUT2D eigenvalue weighted by atomic mass is 10.0. The van der Waals surface area contributed by atoms with Crippen LogP contribution in [0.2, 0.25) is 5.02 Å². The van der Waals surface area contributed by atoms with E-state index in [1.165, 1.54) is 0 Å². The largest absolute Gasteiger partial charge is 0.386 e. The van der Waals surface area contributed by atoms with Crippen LogP contribution >= 0.6 is 27.5 Å². The Morgan fingerprint density at radius 2 is 2.29 bits per heavy atom. The van der Waals surface area contributed by atoms with E-state index >= 15 is 0 Å². The highest BCUT2D eigenvalue weighted by Gasteiger charge is 2.17. The van der Waals surface area contributed by atoms with Gasteiger partial charge in [0.1, 0.15) is 0 Å². The summed E-state index contributed by atoms with van der Waals surface area (Å²) in [6.07, 6.45) is 2.00. The molecule has 0 aliphatic carbocycles. The van der Waals surface area contributed by atoms with E-state index in [-0.39, 0.29) is 5.92 Å². The zero-order valence-electron chi connectivity index (χ0n) is 7.43. The third kappa shape index (κ3) is 1.88. The van der Waals surface area contributed by atoms with Gasteiger partial charge in [0.05, 0.1) is 5.82 Å². The SMILES string of the molecule is NC1=C[C@@H](c2ccc(Br)cc2Cl)CN1. The van der Waals surface area contributed by atoms with Crippen molar-refractivity contribution in [3.05, 3.63) is 45.2 Å². The molecule has 2 rings (SSSR count). The van der Waals surface area contributed by atoms with Crippen molar-refractivity contribution in [2.75, 3.05) is 6.54 Å². The zero-order chi connectivity index (χ0) is 10.1. The molecule has 74 valence electrons. The average molecular weight is 274 g/mol. The molecule has 0 fully saturated rings. The molecule has 1 aliphatic heterocycles. The second-order valence-electron chi connectivity index (χ2n) is 3.28. The van der Waals surface area contributed by atoms with E-state index in [0.717, 1.165) is 27.4 Å². The molecule has 0 saturated heterocycles. The fraction of sp³-hybridized carbons (Fsp3) is 0.200. The second kappa shape index (κ2) is 3.83. The maximum absolute atomic E-state index is 6.13. The number of nitrogens with one attached hydrogen (secondary N) is 1. The molecule has 1 aromatic carbocycles. The third-order valence-electron chi connectivity index (χ3n) is 2.27. The molecule has 1 heterocycles. The highest BCUT2D eigenvalue weighted by atomic mass is 79.9. The van der Waals surface area contributed by atoms with Crippen molar-refractivity contribution in [2.24, 2.45) is 5.73 Å². The summed E-state index contributed by atoms with van der Waals surface area (Å²) in [7, 11) is 0. The van der Waals surface area contributed by atoms with E-state index in [4.69, 9.17) is 17.3 Å². The molecule has 0 radical (unpaired) electrons. The summed E-state index contributed by atoms with van der Waals surface area (Å²) < 4.78 is 0.995. The van der Waals surface area contributed by atoms with Gasteiger partial charge in [0, 0.05) is 22.0 Å². The number of hydrogen-bond donors (Lipinski definition) is 2. The molecule has 0 unspecified atom stereocenters. The Balaban J connectivity index is 2.33. The third-order valence-corrected chi connectivity index (χ3v) is 3.09. The molecule has 0 spiro atoms. The summed E-state index contributed by atoms with van der Waals surface area (Å²) >= 11 is 9.51. The van der Waals surface area contributed by atoms with Gasteiger partial charge in [-0.05, 0) is 23.8 Å². The number of benzene rings is 1. The van der Waals surface area contributed by atoms with Crippen LogP contribution in [0.3, 0.4) is 0 Å². The summed E-state index contributed by atoms with van der Waals surface area (Å²) in [5, 5.41) is 3.85. The van der Waals surface area contributed by atoms with Crippen LogP contribution in [0.4, 0.5) is 0 Å². The molecule has 0 saturated carbocycles. The van der Waals surface area contributed by atoms with Crippen molar-refractivity contribution >= 4 is 27.5 Å². The van der Waals surface area contributed by atoms with Crippen LogP contribution in [-0.4, -0.2) is 6.54 Å². The molecule has 1 aliphatic rings. The number of rotatable bonds is 1. The highest BCUT2D eigenvalue weighted by molar-refractivity contribution is 9.10. The molecule has 0 bridgehead atoms. The van der Waals surface area contributed by atoms with E-state index < -0.39 is 0 Å². The van der Waals surface area contributed by atoms with Crippen molar-refractivity contribution in [1.29, 1.82) is 0 Å². The Labute approximate surface area is 96.3 Å². The Hall–Kier alpha value is -0.670. The first-order valence-corrected chi connectivity index (χ1v) is 5.50. The molecular weight excluding hydrogens is 263 g/mol. The van der Waals surface area contributed by atoms with Gasteiger partial charge in [-0.2, -0.15) is 0 Å². The van der Waals surface area contributed by atoms with Gasteiger partial charge in [0.2, 0.25) is 0 Å². The van der Waals surface area contributed by atoms with Crippen molar-refractivity contribution in [1.82, 2.24) is 5.32 Å². The summed E-state index contributed by atoms with van der Waals surface area (Å²) in [6.45, 7) is 0.827. The fourth-order valence-corrected chi connectivity index (χ4v) is 2.38. The van der Waals surface area contributed by atoms with Crippen molar-refractivity contribution < 1.29 is 0 Å². The Morgan fingerprint density at radius 3 is 2.86 bits per heavy atom. The predicted octanol–water partition coefficient (Wildman–Crippen LogP) is 2.59. The fourth-order valence-electron chi connectivity index (χ4n) is 1.56. The van der Waals surface area contributed by atoms with Crippen LogP contribution < -0.4 is 11.1 Å². The van der Waals surface area contributed by atoms with Crippen LogP contribution in [0, 0.1) is 0 Å². The predicted molar refractivity (Wildman–Crippen MR) is 62.2 cm³/mol. The Bertz CT molecular complexity index is 390. The van der Waals surface area contributed by atoms with Crippen molar-refractivity contribution in [3.8, 4) is 0 Å². The number of hydrogen-bond acceptors (Lipinski definition) is 2. The van der Waals surface area contributed by atoms with Crippen molar-refractivity contribution in [3.63, 3.8) is 0 Å². The lowest BCUT2D eigenvalue weighted by Gasteiger charge is -2.09. The van der Waals surface area contributed by atoms with E-state index in [1.54, 1.807) is 0 Å². The first-order chi connectivity index (χ1) is 6.66. The zero-order valence-corrected chi connectivity index (χ0v) is 9.77. The van der Waals surface area contributed by atoms with Gasteiger partial charge >= 0.3 is 0 Å². The van der Waals surface area contributed by atoms with Crippen molar-refractivity contribution in [2.45, 2.75) is 5.92 Å². The lowest BCUT2D eigenvalue weighted by Crippen LogP contribution is -2.16. The molecular formula is C10H10BrClN2. The summed E-state index contributed by atoms with van der Waals surface area (Å²) in [5.41, 5.74) is 6.75. The smallest absolute Gasteiger partial charge is 0.0926 e. The van der Waals surface area contributed by atoms with E-state index in [2.05, 4.69) is 21.2 Å². The number of nitrogens with two attached hydrogens (primary N) is 1. The normalized spacial score (nSPS) is 20.4. The monoisotopic (exact) mass is 272 g/mol. The molecule has 1 aromatic rings. The molecule has 3 N–H and O–H groups in total. The quantitative estimate of drug-likeness (QED) is 0.825. The number of halogens is 2. The highest BCUT2D eigenvalue weighted by Crippen LogP contribution is 2.30. The van der Waals surface area contributed by atoms with Gasteiger partial charge in [-0.15, -0.1) is 0 Å². The maximum Gasteiger partial charge on any atom is 0.0926 e. The minimum atomic E-state index is 0.288. The molecule has 2 nitrogen and oxygen atoms in total. The van der Waals surface area contributed by atoms with Gasteiger partial charge in [0.15, 0.2) is 0 Å². The van der Waals surface area contributed by atoms with E-state index in [1.807, 2.05) is 24.3 Å². The van der Waals surface area contributed by atoms with Crippen LogP contribution in [0.5, 0.6) is 0 Å². The first kappa shape index (κ1) is 9.87. The minimum Gasteiger partial charge on any atom is -0.386 e. The summed E-state index contributed by atoms with van der Waals surface area (Å²) in [6, 6.07) is 5.91. The lowest BCUT2D eigenvalue weighted by molar-refractivity contribution is 0.791. The van der Waals surface area contributed by atoms with Gasteiger partial charge in [0.25, 0.3) is 0 Å². The second-order valence-corrected chi connectivity index (χ2v) is 4.60. The minimum absolute atomic E-state index is 0.288. The van der Waals surface area contributed by atoms with Gasteiger partial charge in [-0.25, -0.2) is 0 Å². The van der Waals surface area contributed by atoms with Gasteiger partial charge in [-0.1, -0.05) is 33.6 Å². The standard InChI is InChI=1S/C10H10BrClN2/c11-7-1-2-8(9(12)4-7)6-3-10(13)14-5-6/h1-4,6,14H,5,13H2/t6-/m1/s1. The van der Waals surface area contributed by atoms with Crippen LogP contribution in [-0.2, 0) is 0 Å². The average Bonchev–Trinajstić information content (AvgIpc) is 2.51. The molecule has 0 aromatic heterocycles. The van der Waals surface area contributed by atoms with E-state index in [0.29, 0.717) is 0 Å². The Morgan fingerprint density at radius 1 is 1.50 bits per heavy atom. The van der Waals surface area contributed by atoms with Crippen LogP contribution in [0.1, 0.15) is 11.5 Å². The maximum atomic E-state index is 6.13. The molecule has 1 atom stereocenters. The Kier molecular flexibility index (Phi) is 2.70. The summed E-state index contributed by atoms with van der Waals surface area (Å²) in [4.78, 5) is 0. The van der Waals surface area contributed by atoms with Gasteiger partial charge in [-0.3, -0.25) is 0 Å². The van der Waals surface area contributed by atoms with Gasteiger partial charge < -0.3 is 11.1 Å². The molecule has 4 heteroatoms. The van der Waals surface area contributed by atoms with Crippen LogP contribution in [0.15, 0.2) is 34.6 Å². The summed E-state index contributed by atoms with van der Waals surface area (Å²) in [5.74, 6) is 1.02.